The van der Waals surface area contributed by atoms with E-state index in [1.165, 1.54) is 5.69 Å². The molecule has 1 fully saturated rings. The quantitative estimate of drug-likeness (QED) is 0.721. The molecule has 6 heteroatoms. The van der Waals surface area contributed by atoms with Crippen molar-refractivity contribution in [3.8, 4) is 0 Å². The second-order valence-electron chi connectivity index (χ2n) is 7.60. The van der Waals surface area contributed by atoms with E-state index in [-0.39, 0.29) is 11.9 Å². The Morgan fingerprint density at radius 2 is 1.86 bits per heavy atom. The average molecular weight is 415 g/mol. The van der Waals surface area contributed by atoms with Crippen LogP contribution in [0.25, 0.3) is 0 Å². The predicted octanol–water partition coefficient (Wildman–Crippen LogP) is 3.91. The molecule has 1 amide bonds. The smallest absolute Gasteiger partial charge is 0.242 e. The Hall–Kier alpha value is -2.24. The SMILES string of the molecule is CCN1CCN(c2ccc(N[C@H](C)C(=O)NCc3ccccc3Cl)c(C)c2)CC1. The molecule has 156 valence electrons. The molecule has 1 aliphatic heterocycles. The van der Waals surface area contributed by atoms with Gasteiger partial charge in [-0.3, -0.25) is 4.79 Å². The number of anilines is 2. The lowest BCUT2D eigenvalue weighted by atomic mass is 10.1. The average Bonchev–Trinajstić information content (AvgIpc) is 2.74. The molecule has 2 aromatic carbocycles. The lowest BCUT2D eigenvalue weighted by molar-refractivity contribution is -0.121. The second kappa shape index (κ2) is 9.99. The number of nitrogens with one attached hydrogen (secondary N) is 2. The summed E-state index contributed by atoms with van der Waals surface area (Å²) in [5.41, 5.74) is 4.30. The number of likely N-dealkylation sites (N-methyl/N-ethyl adjacent to an activating group) is 1. The van der Waals surface area contributed by atoms with E-state index in [1.54, 1.807) is 0 Å². The Morgan fingerprint density at radius 3 is 2.52 bits per heavy atom. The first-order chi connectivity index (χ1) is 14.0. The highest BCUT2D eigenvalue weighted by molar-refractivity contribution is 6.31. The van der Waals surface area contributed by atoms with Crippen LogP contribution < -0.4 is 15.5 Å². The summed E-state index contributed by atoms with van der Waals surface area (Å²) in [5, 5.41) is 6.95. The van der Waals surface area contributed by atoms with Crippen LogP contribution in [0.4, 0.5) is 11.4 Å². The van der Waals surface area contributed by atoms with Gasteiger partial charge >= 0.3 is 0 Å². The predicted molar refractivity (Wildman–Crippen MR) is 122 cm³/mol. The maximum atomic E-state index is 12.5. The number of carbonyl (C=O) groups is 1. The van der Waals surface area contributed by atoms with Crippen LogP contribution >= 0.6 is 11.6 Å². The van der Waals surface area contributed by atoms with E-state index in [0.29, 0.717) is 11.6 Å². The topological polar surface area (TPSA) is 47.6 Å². The number of nitrogens with zero attached hydrogens (tertiary/aromatic N) is 2. The Kier molecular flexibility index (Phi) is 7.40. The monoisotopic (exact) mass is 414 g/mol. The summed E-state index contributed by atoms with van der Waals surface area (Å²) >= 11 is 6.16. The van der Waals surface area contributed by atoms with Crippen molar-refractivity contribution in [2.75, 3.05) is 42.9 Å². The molecule has 1 heterocycles. The number of piperazine rings is 1. The third-order valence-electron chi connectivity index (χ3n) is 5.57. The van der Waals surface area contributed by atoms with Crippen LogP contribution in [0, 0.1) is 6.92 Å². The number of halogens is 1. The highest BCUT2D eigenvalue weighted by Gasteiger charge is 2.18. The van der Waals surface area contributed by atoms with Gasteiger partial charge in [-0.15, -0.1) is 0 Å². The van der Waals surface area contributed by atoms with Gasteiger partial charge in [0.05, 0.1) is 0 Å². The minimum absolute atomic E-state index is 0.0518. The highest BCUT2D eigenvalue weighted by atomic mass is 35.5. The van der Waals surface area contributed by atoms with Gasteiger partial charge in [-0.1, -0.05) is 36.7 Å². The molecule has 0 aromatic heterocycles. The molecular weight excluding hydrogens is 384 g/mol. The molecule has 29 heavy (non-hydrogen) atoms. The van der Waals surface area contributed by atoms with Gasteiger partial charge in [0, 0.05) is 49.1 Å². The summed E-state index contributed by atoms with van der Waals surface area (Å²) in [5.74, 6) is -0.0518. The van der Waals surface area contributed by atoms with Crippen LogP contribution in [0.3, 0.4) is 0 Å². The highest BCUT2D eigenvalue weighted by Crippen LogP contribution is 2.24. The van der Waals surface area contributed by atoms with Crippen LogP contribution in [0.2, 0.25) is 5.02 Å². The number of rotatable bonds is 7. The minimum Gasteiger partial charge on any atom is -0.374 e. The first-order valence-electron chi connectivity index (χ1n) is 10.3. The molecule has 1 aliphatic rings. The molecule has 5 nitrogen and oxygen atoms in total. The lowest BCUT2D eigenvalue weighted by Crippen LogP contribution is -2.46. The fourth-order valence-corrected chi connectivity index (χ4v) is 3.81. The first kappa shape index (κ1) is 21.5. The number of hydrogen-bond acceptors (Lipinski definition) is 4. The van der Waals surface area contributed by atoms with E-state index < -0.39 is 0 Å². The molecule has 0 bridgehead atoms. The van der Waals surface area contributed by atoms with E-state index in [0.717, 1.165) is 49.5 Å². The lowest BCUT2D eigenvalue weighted by Gasteiger charge is -2.35. The molecule has 2 N–H and O–H groups in total. The summed E-state index contributed by atoms with van der Waals surface area (Å²) in [6, 6.07) is 13.6. The standard InChI is InChI=1S/C23H31ClN4O/c1-4-27-11-13-28(14-12-27)20-9-10-22(17(2)15-20)26-18(3)23(29)25-16-19-7-5-6-8-21(19)24/h5-10,15,18,26H,4,11-14,16H2,1-3H3,(H,25,29)/t18-/m1/s1. The van der Waals surface area contributed by atoms with Crippen molar-refractivity contribution in [3.05, 3.63) is 58.6 Å². The number of amides is 1. The molecule has 2 aromatic rings. The molecule has 0 saturated carbocycles. The fraction of sp³-hybridized carbons (Fsp3) is 0.435. The normalized spacial score (nSPS) is 15.8. The van der Waals surface area contributed by atoms with E-state index in [2.05, 4.69) is 52.5 Å². The number of benzene rings is 2. The number of hydrogen-bond donors (Lipinski definition) is 2. The van der Waals surface area contributed by atoms with Gasteiger partial charge in [0.15, 0.2) is 0 Å². The van der Waals surface area contributed by atoms with E-state index in [4.69, 9.17) is 11.6 Å². The van der Waals surface area contributed by atoms with Crippen molar-refractivity contribution in [1.29, 1.82) is 0 Å². The Labute approximate surface area is 179 Å². The van der Waals surface area contributed by atoms with Gasteiger partial charge in [0.1, 0.15) is 6.04 Å². The van der Waals surface area contributed by atoms with Crippen molar-refractivity contribution in [3.63, 3.8) is 0 Å². The van der Waals surface area contributed by atoms with Gasteiger partial charge < -0.3 is 20.4 Å². The van der Waals surface area contributed by atoms with Gasteiger partial charge in [0.2, 0.25) is 5.91 Å². The van der Waals surface area contributed by atoms with Crippen LogP contribution in [-0.4, -0.2) is 49.6 Å². The van der Waals surface area contributed by atoms with Crippen LogP contribution in [0.15, 0.2) is 42.5 Å². The molecule has 0 aliphatic carbocycles. The zero-order valence-electron chi connectivity index (χ0n) is 17.5. The van der Waals surface area contributed by atoms with Crippen molar-refractivity contribution >= 4 is 28.9 Å². The second-order valence-corrected chi connectivity index (χ2v) is 8.00. The third kappa shape index (κ3) is 5.64. The van der Waals surface area contributed by atoms with Gasteiger partial charge in [0.25, 0.3) is 0 Å². The van der Waals surface area contributed by atoms with Gasteiger partial charge in [-0.2, -0.15) is 0 Å². The van der Waals surface area contributed by atoms with Crippen LogP contribution in [0.5, 0.6) is 0 Å². The molecule has 0 spiro atoms. The first-order valence-corrected chi connectivity index (χ1v) is 10.7. The van der Waals surface area contributed by atoms with Crippen molar-refractivity contribution in [1.82, 2.24) is 10.2 Å². The molecule has 1 saturated heterocycles. The summed E-state index contributed by atoms with van der Waals surface area (Å²) < 4.78 is 0. The molecule has 3 rings (SSSR count). The summed E-state index contributed by atoms with van der Waals surface area (Å²) in [6.07, 6.45) is 0. The summed E-state index contributed by atoms with van der Waals surface area (Å²) in [4.78, 5) is 17.4. The largest absolute Gasteiger partial charge is 0.374 e. The van der Waals surface area contributed by atoms with E-state index >= 15 is 0 Å². The molecule has 0 unspecified atom stereocenters. The van der Waals surface area contributed by atoms with Crippen LogP contribution in [0.1, 0.15) is 25.0 Å². The van der Waals surface area contributed by atoms with E-state index in [9.17, 15) is 4.79 Å². The maximum absolute atomic E-state index is 12.5. The van der Waals surface area contributed by atoms with Crippen molar-refractivity contribution < 1.29 is 4.79 Å². The van der Waals surface area contributed by atoms with E-state index in [1.807, 2.05) is 31.2 Å². The molecule has 1 atom stereocenters. The Morgan fingerprint density at radius 1 is 1.14 bits per heavy atom. The van der Waals surface area contributed by atoms with Crippen molar-refractivity contribution in [2.45, 2.75) is 33.4 Å². The zero-order valence-corrected chi connectivity index (χ0v) is 18.3. The van der Waals surface area contributed by atoms with Gasteiger partial charge in [-0.25, -0.2) is 0 Å². The van der Waals surface area contributed by atoms with Gasteiger partial charge in [-0.05, 0) is 55.8 Å². The number of aryl methyl sites for hydroxylation is 1. The zero-order chi connectivity index (χ0) is 20.8. The number of carbonyl (C=O) groups excluding carboxylic acids is 1. The Bertz CT molecular complexity index is 833. The molecule has 0 radical (unpaired) electrons. The summed E-state index contributed by atoms with van der Waals surface area (Å²) in [7, 11) is 0. The fourth-order valence-electron chi connectivity index (χ4n) is 3.60. The maximum Gasteiger partial charge on any atom is 0.242 e. The van der Waals surface area contributed by atoms with Crippen LogP contribution in [-0.2, 0) is 11.3 Å². The molecular formula is C23H31ClN4O. The third-order valence-corrected chi connectivity index (χ3v) is 5.94. The van der Waals surface area contributed by atoms with Crippen molar-refractivity contribution in [2.24, 2.45) is 0 Å². The minimum atomic E-state index is -0.338. The summed E-state index contributed by atoms with van der Waals surface area (Å²) in [6.45, 7) is 12.0. The Balaban J connectivity index is 1.55.